The number of anilines is 1. The first-order valence-electron chi connectivity index (χ1n) is 12.4. The van der Waals surface area contributed by atoms with Crippen LogP contribution in [0.4, 0.5) is 10.1 Å². The fraction of sp³-hybridized carbons (Fsp3) is 0.286. The van der Waals surface area contributed by atoms with Crippen LogP contribution in [0.15, 0.2) is 77.7 Å². The van der Waals surface area contributed by atoms with Crippen LogP contribution in [0.25, 0.3) is 0 Å². The minimum Gasteiger partial charge on any atom is -0.354 e. The summed E-state index contributed by atoms with van der Waals surface area (Å²) in [4.78, 5) is 28.3. The summed E-state index contributed by atoms with van der Waals surface area (Å²) in [5.74, 6) is -1.56. The molecule has 0 radical (unpaired) electrons. The maximum atomic E-state index is 13.9. The van der Waals surface area contributed by atoms with E-state index in [0.29, 0.717) is 28.6 Å². The van der Waals surface area contributed by atoms with Crippen molar-refractivity contribution in [3.8, 4) is 0 Å². The van der Waals surface area contributed by atoms with Crippen molar-refractivity contribution >= 4 is 50.7 Å². The second-order valence-electron chi connectivity index (χ2n) is 8.77. The Balaban J connectivity index is 2.05. The van der Waals surface area contributed by atoms with Gasteiger partial charge in [0.25, 0.3) is 10.0 Å². The highest BCUT2D eigenvalue weighted by atomic mass is 35.5. The average molecular weight is 595 g/mol. The molecule has 39 heavy (non-hydrogen) atoms. The molecule has 0 bridgehead atoms. The summed E-state index contributed by atoms with van der Waals surface area (Å²) in [6.07, 6.45) is 0.973. The second-order valence-corrected chi connectivity index (χ2v) is 11.5. The molecule has 11 heteroatoms. The molecule has 1 atom stereocenters. The molecule has 3 rings (SSSR count). The number of hydrogen-bond donors (Lipinski definition) is 1. The molecule has 0 heterocycles. The Labute approximate surface area is 238 Å². The summed E-state index contributed by atoms with van der Waals surface area (Å²) in [7, 11) is -4.23. The second kappa shape index (κ2) is 13.8. The zero-order chi connectivity index (χ0) is 28.6. The topological polar surface area (TPSA) is 86.8 Å². The number of carbonyl (C=O) groups excluding carboxylic acids is 2. The number of carbonyl (C=O) groups is 2. The molecule has 7 nitrogen and oxygen atoms in total. The summed E-state index contributed by atoms with van der Waals surface area (Å²) in [6, 6.07) is 16.3. The molecule has 0 aromatic heterocycles. The lowest BCUT2D eigenvalue weighted by Gasteiger charge is -2.33. The minimum absolute atomic E-state index is 0.0397. The Morgan fingerprint density at radius 3 is 2.23 bits per heavy atom. The monoisotopic (exact) mass is 593 g/mol. The minimum atomic E-state index is -4.23. The van der Waals surface area contributed by atoms with Crippen molar-refractivity contribution in [3.05, 3.63) is 94.2 Å². The van der Waals surface area contributed by atoms with Crippen molar-refractivity contribution in [1.82, 2.24) is 10.2 Å². The van der Waals surface area contributed by atoms with Crippen LogP contribution in [0, 0.1) is 5.82 Å². The molecule has 1 unspecified atom stereocenters. The molecule has 0 aliphatic carbocycles. The van der Waals surface area contributed by atoms with Crippen LogP contribution >= 0.6 is 23.2 Å². The Morgan fingerprint density at radius 2 is 1.64 bits per heavy atom. The third kappa shape index (κ3) is 7.71. The predicted octanol–water partition coefficient (Wildman–Crippen LogP) is 5.66. The molecule has 0 spiro atoms. The van der Waals surface area contributed by atoms with Gasteiger partial charge in [-0.1, -0.05) is 61.3 Å². The first kappa shape index (κ1) is 30.4. The van der Waals surface area contributed by atoms with E-state index in [4.69, 9.17) is 23.2 Å². The fourth-order valence-electron chi connectivity index (χ4n) is 3.97. The van der Waals surface area contributed by atoms with E-state index in [0.717, 1.165) is 16.4 Å². The van der Waals surface area contributed by atoms with Crippen LogP contribution in [0.2, 0.25) is 10.0 Å². The van der Waals surface area contributed by atoms with Crippen molar-refractivity contribution in [3.63, 3.8) is 0 Å². The summed E-state index contributed by atoms with van der Waals surface area (Å²) < 4.78 is 42.0. The molecule has 2 amide bonds. The third-order valence-electron chi connectivity index (χ3n) is 6.02. The number of halogens is 3. The zero-order valence-electron chi connectivity index (χ0n) is 21.6. The molecule has 0 saturated carbocycles. The maximum Gasteiger partial charge on any atom is 0.264 e. The number of hydrogen-bond acceptors (Lipinski definition) is 4. The van der Waals surface area contributed by atoms with E-state index in [9.17, 15) is 22.4 Å². The van der Waals surface area contributed by atoms with Gasteiger partial charge in [-0.05, 0) is 66.9 Å². The number of amides is 2. The standard InChI is InChI=1S/C28H30Cl2FN3O4S/c1-3-16-32-28(36)26(4-2)33(18-20-10-11-21(29)17-25(20)30)27(35)19-34(23-14-12-22(31)13-15-23)39(37,38)24-8-6-5-7-9-24/h5-15,17,26H,3-4,16,18-19H2,1-2H3,(H,32,36). The van der Waals surface area contributed by atoms with Gasteiger partial charge in [-0.2, -0.15) is 0 Å². The van der Waals surface area contributed by atoms with Crippen LogP contribution in [0.1, 0.15) is 32.3 Å². The molecule has 0 aliphatic heterocycles. The highest BCUT2D eigenvalue weighted by Crippen LogP contribution is 2.27. The molecule has 0 saturated heterocycles. The Bertz CT molecular complexity index is 1390. The van der Waals surface area contributed by atoms with Crippen molar-refractivity contribution in [2.75, 3.05) is 17.4 Å². The molecule has 1 N–H and O–H groups in total. The van der Waals surface area contributed by atoms with Gasteiger partial charge < -0.3 is 10.2 Å². The van der Waals surface area contributed by atoms with Gasteiger partial charge in [0.15, 0.2) is 0 Å². The van der Waals surface area contributed by atoms with Crippen molar-refractivity contribution in [1.29, 1.82) is 0 Å². The average Bonchev–Trinajstić information content (AvgIpc) is 2.92. The lowest BCUT2D eigenvalue weighted by molar-refractivity contribution is -0.140. The van der Waals surface area contributed by atoms with Crippen LogP contribution < -0.4 is 9.62 Å². The van der Waals surface area contributed by atoms with Crippen molar-refractivity contribution in [2.45, 2.75) is 44.2 Å². The fourth-order valence-corrected chi connectivity index (χ4v) is 5.88. The highest BCUT2D eigenvalue weighted by Gasteiger charge is 2.33. The van der Waals surface area contributed by atoms with Crippen LogP contribution in [-0.4, -0.2) is 44.3 Å². The van der Waals surface area contributed by atoms with Crippen LogP contribution in [0.3, 0.4) is 0 Å². The quantitative estimate of drug-likeness (QED) is 0.293. The number of rotatable bonds is 12. The molecule has 0 fully saturated rings. The zero-order valence-corrected chi connectivity index (χ0v) is 23.9. The summed E-state index contributed by atoms with van der Waals surface area (Å²) in [5, 5.41) is 3.53. The Morgan fingerprint density at radius 1 is 0.974 bits per heavy atom. The van der Waals surface area contributed by atoms with Crippen molar-refractivity contribution < 1.29 is 22.4 Å². The van der Waals surface area contributed by atoms with E-state index in [1.54, 1.807) is 37.3 Å². The molecule has 208 valence electrons. The normalized spacial score (nSPS) is 12.0. The SMILES string of the molecule is CCCNC(=O)C(CC)N(Cc1ccc(Cl)cc1Cl)C(=O)CN(c1ccc(F)cc1)S(=O)(=O)c1ccccc1. The molecular weight excluding hydrogens is 564 g/mol. The van der Waals surface area contributed by atoms with E-state index in [-0.39, 0.29) is 29.5 Å². The van der Waals surface area contributed by atoms with Gasteiger partial charge in [-0.15, -0.1) is 0 Å². The summed E-state index contributed by atoms with van der Waals surface area (Å²) >= 11 is 12.4. The number of nitrogens with zero attached hydrogens (tertiary/aromatic N) is 2. The van der Waals surface area contributed by atoms with Gasteiger partial charge in [-0.3, -0.25) is 13.9 Å². The van der Waals surface area contributed by atoms with Crippen LogP contribution in [0.5, 0.6) is 0 Å². The summed E-state index contributed by atoms with van der Waals surface area (Å²) in [6.45, 7) is 3.40. The van der Waals surface area contributed by atoms with Gasteiger partial charge in [0.1, 0.15) is 18.4 Å². The summed E-state index contributed by atoms with van der Waals surface area (Å²) in [5.41, 5.74) is 0.636. The Kier molecular flexibility index (Phi) is 10.7. The predicted molar refractivity (Wildman–Crippen MR) is 152 cm³/mol. The number of nitrogens with one attached hydrogen (secondary N) is 1. The molecule has 3 aromatic rings. The van der Waals surface area contributed by atoms with Gasteiger partial charge in [0.05, 0.1) is 10.6 Å². The van der Waals surface area contributed by atoms with Gasteiger partial charge in [0, 0.05) is 23.1 Å². The molecular formula is C28H30Cl2FN3O4S. The van der Waals surface area contributed by atoms with E-state index >= 15 is 0 Å². The number of benzene rings is 3. The lowest BCUT2D eigenvalue weighted by atomic mass is 10.1. The van der Waals surface area contributed by atoms with Gasteiger partial charge >= 0.3 is 0 Å². The van der Waals surface area contributed by atoms with E-state index in [2.05, 4.69) is 5.32 Å². The van der Waals surface area contributed by atoms with E-state index in [1.165, 1.54) is 35.2 Å². The first-order valence-corrected chi connectivity index (χ1v) is 14.6. The largest absolute Gasteiger partial charge is 0.354 e. The maximum absolute atomic E-state index is 13.9. The Hall–Kier alpha value is -3.14. The third-order valence-corrected chi connectivity index (χ3v) is 8.39. The van der Waals surface area contributed by atoms with E-state index in [1.807, 2.05) is 6.92 Å². The lowest BCUT2D eigenvalue weighted by Crippen LogP contribution is -2.52. The molecule has 3 aromatic carbocycles. The van der Waals surface area contributed by atoms with Crippen molar-refractivity contribution in [2.24, 2.45) is 0 Å². The van der Waals surface area contributed by atoms with Gasteiger partial charge in [-0.25, -0.2) is 12.8 Å². The molecule has 0 aliphatic rings. The first-order chi connectivity index (χ1) is 18.6. The smallest absolute Gasteiger partial charge is 0.264 e. The van der Waals surface area contributed by atoms with Gasteiger partial charge in [0.2, 0.25) is 11.8 Å². The van der Waals surface area contributed by atoms with E-state index < -0.39 is 34.3 Å². The highest BCUT2D eigenvalue weighted by molar-refractivity contribution is 7.92. The van der Waals surface area contributed by atoms with Crippen LogP contribution in [-0.2, 0) is 26.2 Å². The number of sulfonamides is 1.